The fourth-order valence-corrected chi connectivity index (χ4v) is 0.967. The molecular weight excluding hydrogens is 263 g/mol. The zero-order chi connectivity index (χ0) is 10.8. The van der Waals surface area contributed by atoms with Gasteiger partial charge in [-0.25, -0.2) is 4.79 Å². The van der Waals surface area contributed by atoms with E-state index in [2.05, 4.69) is 0 Å². The molecule has 1 aromatic rings. The molecule has 0 bridgehead atoms. The van der Waals surface area contributed by atoms with Crippen LogP contribution in [-0.2, 0) is 4.79 Å². The third-order valence-corrected chi connectivity index (χ3v) is 1.95. The molecule has 0 aliphatic heterocycles. The fraction of sp³-hybridized carbons (Fsp3) is 0.300. The number of carbonyl (C=O) groups is 1. The van der Waals surface area contributed by atoms with Gasteiger partial charge in [0.05, 0.1) is 0 Å². The molecule has 0 atom stereocenters. The summed E-state index contributed by atoms with van der Waals surface area (Å²) in [6.07, 6.45) is 0. The Hall–Kier alpha value is -0.768. The van der Waals surface area contributed by atoms with Crippen LogP contribution in [0.15, 0.2) is 24.3 Å². The van der Waals surface area contributed by atoms with E-state index in [9.17, 15) is 4.79 Å². The number of benzene rings is 1. The summed E-state index contributed by atoms with van der Waals surface area (Å²) < 4.78 is 5.26. The van der Waals surface area contributed by atoms with E-state index in [0.717, 1.165) is 0 Å². The third kappa shape index (κ3) is 6.52. The molecule has 1 rings (SSSR count). The van der Waals surface area contributed by atoms with E-state index in [0.29, 0.717) is 10.8 Å². The SMILES string of the molecule is CC(C)(Oc1ccc(Cl)cc1)C(=O)O.O.O.[Al]. The van der Waals surface area contributed by atoms with Crippen molar-refractivity contribution in [3.8, 4) is 5.75 Å². The van der Waals surface area contributed by atoms with Gasteiger partial charge in [-0.1, -0.05) is 11.6 Å². The summed E-state index contributed by atoms with van der Waals surface area (Å²) in [5.74, 6) is -0.519. The van der Waals surface area contributed by atoms with Gasteiger partial charge in [0, 0.05) is 22.4 Å². The van der Waals surface area contributed by atoms with E-state index in [1.807, 2.05) is 0 Å². The van der Waals surface area contributed by atoms with Crippen LogP contribution in [0.2, 0.25) is 5.02 Å². The predicted molar refractivity (Wildman–Crippen MR) is 66.8 cm³/mol. The van der Waals surface area contributed by atoms with Crippen molar-refractivity contribution in [1.82, 2.24) is 0 Å². The van der Waals surface area contributed by atoms with Crippen molar-refractivity contribution in [2.75, 3.05) is 0 Å². The molecule has 95 valence electrons. The van der Waals surface area contributed by atoms with Crippen LogP contribution >= 0.6 is 11.6 Å². The molecule has 0 saturated heterocycles. The van der Waals surface area contributed by atoms with E-state index in [-0.39, 0.29) is 28.3 Å². The van der Waals surface area contributed by atoms with E-state index in [1.54, 1.807) is 24.3 Å². The number of aliphatic carboxylic acids is 1. The highest BCUT2D eigenvalue weighted by atomic mass is 35.5. The molecular formula is C10H15AlClO5. The molecule has 7 heteroatoms. The highest BCUT2D eigenvalue weighted by Crippen LogP contribution is 2.20. The topological polar surface area (TPSA) is 110 Å². The number of ether oxygens (including phenoxy) is 1. The Bertz CT molecular complexity index is 339. The summed E-state index contributed by atoms with van der Waals surface area (Å²) in [7, 11) is 0. The van der Waals surface area contributed by atoms with Crippen molar-refractivity contribution in [1.29, 1.82) is 0 Å². The van der Waals surface area contributed by atoms with Gasteiger partial charge in [0.25, 0.3) is 0 Å². The Morgan fingerprint density at radius 3 is 2.00 bits per heavy atom. The zero-order valence-electron chi connectivity index (χ0n) is 9.53. The smallest absolute Gasteiger partial charge is 0.347 e. The van der Waals surface area contributed by atoms with Crippen LogP contribution in [0.5, 0.6) is 5.75 Å². The Balaban J connectivity index is -0.000000653. The molecule has 0 saturated carbocycles. The Morgan fingerprint density at radius 2 is 1.65 bits per heavy atom. The van der Waals surface area contributed by atoms with E-state index < -0.39 is 11.6 Å². The summed E-state index contributed by atoms with van der Waals surface area (Å²) in [5.41, 5.74) is -1.23. The van der Waals surface area contributed by atoms with Crippen molar-refractivity contribution >= 4 is 34.9 Å². The maximum Gasteiger partial charge on any atom is 0.347 e. The van der Waals surface area contributed by atoms with Crippen LogP contribution in [0, 0.1) is 0 Å². The Kier molecular flexibility index (Phi) is 10.6. The number of carboxylic acid groups (broad SMARTS) is 1. The lowest BCUT2D eigenvalue weighted by molar-refractivity contribution is -0.152. The van der Waals surface area contributed by atoms with Crippen molar-refractivity contribution < 1.29 is 25.6 Å². The molecule has 5 N–H and O–H groups in total. The van der Waals surface area contributed by atoms with Gasteiger partial charge in [0.2, 0.25) is 0 Å². The van der Waals surface area contributed by atoms with Crippen molar-refractivity contribution in [2.24, 2.45) is 0 Å². The summed E-state index contributed by atoms with van der Waals surface area (Å²) in [6.45, 7) is 2.98. The van der Waals surface area contributed by atoms with E-state index in [1.165, 1.54) is 13.8 Å². The number of halogens is 1. The maximum absolute atomic E-state index is 10.7. The average Bonchev–Trinajstić information content (AvgIpc) is 2.08. The third-order valence-electron chi connectivity index (χ3n) is 1.70. The normalized spacial score (nSPS) is 9.12. The van der Waals surface area contributed by atoms with Crippen molar-refractivity contribution in [3.63, 3.8) is 0 Å². The van der Waals surface area contributed by atoms with E-state index >= 15 is 0 Å². The number of hydrogen-bond acceptors (Lipinski definition) is 2. The van der Waals surface area contributed by atoms with Gasteiger partial charge in [-0.15, -0.1) is 0 Å². The first kappa shape index (κ1) is 21.5. The molecule has 0 amide bonds. The number of carboxylic acids is 1. The molecule has 1 aromatic carbocycles. The summed E-state index contributed by atoms with van der Waals surface area (Å²) in [4.78, 5) is 10.7. The quantitative estimate of drug-likeness (QED) is 0.815. The van der Waals surface area contributed by atoms with Crippen LogP contribution in [0.4, 0.5) is 0 Å². The molecule has 3 radical (unpaired) electrons. The summed E-state index contributed by atoms with van der Waals surface area (Å²) >= 11 is 5.67. The molecule has 0 spiro atoms. The number of rotatable bonds is 3. The lowest BCUT2D eigenvalue weighted by Crippen LogP contribution is -2.37. The minimum Gasteiger partial charge on any atom is -0.478 e. The molecule has 0 fully saturated rings. The lowest BCUT2D eigenvalue weighted by Gasteiger charge is -2.21. The zero-order valence-corrected chi connectivity index (χ0v) is 11.4. The Morgan fingerprint density at radius 1 is 1.24 bits per heavy atom. The van der Waals surface area contributed by atoms with E-state index in [4.69, 9.17) is 21.4 Å². The fourth-order valence-electron chi connectivity index (χ4n) is 0.841. The van der Waals surface area contributed by atoms with Crippen LogP contribution in [0.25, 0.3) is 0 Å². The Labute approximate surface area is 115 Å². The van der Waals surface area contributed by atoms with Gasteiger partial charge in [-0.05, 0) is 38.1 Å². The standard InChI is InChI=1S/C10H11ClO3.Al.2H2O/c1-10(2,9(12)13)14-8-5-3-7(11)4-6-8;;;/h3-6H,1-2H3,(H,12,13);;2*1H2. The van der Waals surface area contributed by atoms with Gasteiger partial charge < -0.3 is 20.8 Å². The first-order chi connectivity index (χ1) is 6.42. The second kappa shape index (κ2) is 8.34. The largest absolute Gasteiger partial charge is 0.478 e. The highest BCUT2D eigenvalue weighted by molar-refractivity contribution is 6.30. The van der Waals surface area contributed by atoms with Crippen LogP contribution < -0.4 is 4.74 Å². The van der Waals surface area contributed by atoms with Gasteiger partial charge in [-0.2, -0.15) is 0 Å². The van der Waals surface area contributed by atoms with Gasteiger partial charge in [0.15, 0.2) is 5.60 Å². The van der Waals surface area contributed by atoms with Crippen LogP contribution in [-0.4, -0.2) is 45.0 Å². The molecule has 0 aliphatic rings. The summed E-state index contributed by atoms with van der Waals surface area (Å²) in [5, 5.41) is 9.39. The molecule has 0 aliphatic carbocycles. The maximum atomic E-state index is 10.7. The molecule has 0 aromatic heterocycles. The second-order valence-electron chi connectivity index (χ2n) is 3.37. The van der Waals surface area contributed by atoms with Gasteiger partial charge in [-0.3, -0.25) is 0 Å². The summed E-state index contributed by atoms with van der Waals surface area (Å²) in [6, 6.07) is 6.56. The molecule has 5 nitrogen and oxygen atoms in total. The second-order valence-corrected chi connectivity index (χ2v) is 3.81. The van der Waals surface area contributed by atoms with Crippen molar-refractivity contribution in [3.05, 3.63) is 29.3 Å². The lowest BCUT2D eigenvalue weighted by atomic mass is 10.1. The average molecular weight is 278 g/mol. The molecule has 17 heavy (non-hydrogen) atoms. The minimum atomic E-state index is -1.23. The van der Waals surface area contributed by atoms with Crippen molar-refractivity contribution in [2.45, 2.75) is 19.4 Å². The van der Waals surface area contributed by atoms with Gasteiger partial charge in [0.1, 0.15) is 5.75 Å². The molecule has 0 unspecified atom stereocenters. The minimum absolute atomic E-state index is 0. The van der Waals surface area contributed by atoms with Crippen LogP contribution in [0.1, 0.15) is 13.8 Å². The first-order valence-electron chi connectivity index (χ1n) is 4.10. The monoisotopic (exact) mass is 277 g/mol. The first-order valence-corrected chi connectivity index (χ1v) is 4.47. The van der Waals surface area contributed by atoms with Crippen LogP contribution in [0.3, 0.4) is 0 Å². The highest BCUT2D eigenvalue weighted by Gasteiger charge is 2.29. The van der Waals surface area contributed by atoms with Gasteiger partial charge >= 0.3 is 5.97 Å². The number of hydrogen-bond donors (Lipinski definition) is 1. The molecule has 0 heterocycles. The predicted octanol–water partition coefficient (Wildman–Crippen LogP) is 0.552.